The summed E-state index contributed by atoms with van der Waals surface area (Å²) in [5.41, 5.74) is 1.07. The fraction of sp³-hybridized carbons (Fsp3) is 0.625. The van der Waals surface area contributed by atoms with Gasteiger partial charge in [0.15, 0.2) is 0 Å². The lowest BCUT2D eigenvalue weighted by atomic mass is 9.89. The van der Waals surface area contributed by atoms with Crippen LogP contribution in [0, 0.1) is 11.7 Å². The number of likely N-dealkylation sites (tertiary alicyclic amines) is 1. The summed E-state index contributed by atoms with van der Waals surface area (Å²) in [7, 11) is 1.99. The Morgan fingerprint density at radius 1 is 1.40 bits per heavy atom. The van der Waals surface area contributed by atoms with Crippen LogP contribution in [0.2, 0.25) is 5.02 Å². The average Bonchev–Trinajstić information content (AvgIpc) is 2.62. The van der Waals surface area contributed by atoms with Crippen molar-refractivity contribution in [3.63, 3.8) is 0 Å². The standard InChI is InChI=1S/C16H24ClFN2/c1-3-20-9-5-4-6-12(11-19-2)16(20)14-8-7-13(18)10-15(14)17/h7-8,10,12,16,19H,3-6,9,11H2,1-2H3. The van der Waals surface area contributed by atoms with Gasteiger partial charge in [0.05, 0.1) is 0 Å². The van der Waals surface area contributed by atoms with Crippen LogP contribution in [-0.4, -0.2) is 31.6 Å². The number of nitrogens with zero attached hydrogens (tertiary/aromatic N) is 1. The Morgan fingerprint density at radius 3 is 2.85 bits per heavy atom. The van der Waals surface area contributed by atoms with Crippen LogP contribution in [0.3, 0.4) is 0 Å². The van der Waals surface area contributed by atoms with E-state index in [1.165, 1.54) is 31.4 Å². The molecule has 1 saturated heterocycles. The van der Waals surface area contributed by atoms with E-state index in [0.29, 0.717) is 10.9 Å². The molecule has 0 bridgehead atoms. The van der Waals surface area contributed by atoms with Crippen molar-refractivity contribution in [2.24, 2.45) is 5.92 Å². The van der Waals surface area contributed by atoms with Crippen molar-refractivity contribution in [3.8, 4) is 0 Å². The first-order valence-electron chi connectivity index (χ1n) is 7.51. The number of benzene rings is 1. The molecule has 2 nitrogen and oxygen atoms in total. The normalized spacial score (nSPS) is 24.6. The molecule has 1 aromatic rings. The van der Waals surface area contributed by atoms with Crippen LogP contribution in [0.1, 0.15) is 37.8 Å². The number of hydrogen-bond donors (Lipinski definition) is 1. The van der Waals surface area contributed by atoms with E-state index in [0.717, 1.165) is 25.2 Å². The van der Waals surface area contributed by atoms with Gasteiger partial charge in [-0.2, -0.15) is 0 Å². The van der Waals surface area contributed by atoms with E-state index in [1.54, 1.807) is 0 Å². The Balaban J connectivity index is 2.37. The minimum absolute atomic E-state index is 0.263. The van der Waals surface area contributed by atoms with Crippen LogP contribution in [0.15, 0.2) is 18.2 Å². The molecule has 0 spiro atoms. The third-order valence-electron chi connectivity index (χ3n) is 4.26. The van der Waals surface area contributed by atoms with Crippen molar-refractivity contribution in [1.29, 1.82) is 0 Å². The minimum atomic E-state index is -0.263. The highest BCUT2D eigenvalue weighted by Crippen LogP contribution is 2.38. The summed E-state index contributed by atoms with van der Waals surface area (Å²) in [4.78, 5) is 2.48. The molecule has 20 heavy (non-hydrogen) atoms. The number of nitrogens with one attached hydrogen (secondary N) is 1. The quantitative estimate of drug-likeness (QED) is 0.908. The predicted molar refractivity (Wildman–Crippen MR) is 82.7 cm³/mol. The molecule has 1 N–H and O–H groups in total. The van der Waals surface area contributed by atoms with Crippen LogP contribution in [0.25, 0.3) is 0 Å². The van der Waals surface area contributed by atoms with Crippen molar-refractivity contribution in [2.75, 3.05) is 26.7 Å². The van der Waals surface area contributed by atoms with E-state index in [4.69, 9.17) is 11.6 Å². The lowest BCUT2D eigenvalue weighted by Gasteiger charge is -2.35. The maximum Gasteiger partial charge on any atom is 0.124 e. The van der Waals surface area contributed by atoms with Crippen LogP contribution in [-0.2, 0) is 0 Å². The molecule has 1 aromatic carbocycles. The van der Waals surface area contributed by atoms with Crippen LogP contribution in [0.4, 0.5) is 4.39 Å². The molecule has 0 radical (unpaired) electrons. The zero-order valence-electron chi connectivity index (χ0n) is 12.3. The second-order valence-electron chi connectivity index (χ2n) is 5.55. The van der Waals surface area contributed by atoms with Gasteiger partial charge in [0.1, 0.15) is 5.82 Å². The molecule has 1 aliphatic rings. The Morgan fingerprint density at radius 2 is 2.20 bits per heavy atom. The van der Waals surface area contributed by atoms with E-state index in [2.05, 4.69) is 17.1 Å². The van der Waals surface area contributed by atoms with E-state index in [-0.39, 0.29) is 11.9 Å². The van der Waals surface area contributed by atoms with Gasteiger partial charge in [-0.3, -0.25) is 4.90 Å². The van der Waals surface area contributed by atoms with Gasteiger partial charge in [0.25, 0.3) is 0 Å². The molecule has 2 rings (SSSR count). The molecular weight excluding hydrogens is 275 g/mol. The molecule has 1 aliphatic heterocycles. The minimum Gasteiger partial charge on any atom is -0.319 e. The lowest BCUT2D eigenvalue weighted by Crippen LogP contribution is -2.36. The number of rotatable bonds is 4. The molecule has 4 heteroatoms. The topological polar surface area (TPSA) is 15.3 Å². The Bertz CT molecular complexity index is 438. The maximum absolute atomic E-state index is 13.3. The molecule has 0 aliphatic carbocycles. The zero-order chi connectivity index (χ0) is 14.5. The molecule has 112 valence electrons. The van der Waals surface area contributed by atoms with Gasteiger partial charge in [-0.05, 0) is 63.1 Å². The second-order valence-corrected chi connectivity index (χ2v) is 5.96. The molecule has 2 unspecified atom stereocenters. The van der Waals surface area contributed by atoms with E-state index in [9.17, 15) is 4.39 Å². The van der Waals surface area contributed by atoms with Gasteiger partial charge in [-0.1, -0.05) is 31.0 Å². The van der Waals surface area contributed by atoms with Gasteiger partial charge < -0.3 is 5.32 Å². The fourth-order valence-corrected chi connectivity index (χ4v) is 3.62. The maximum atomic E-state index is 13.3. The monoisotopic (exact) mass is 298 g/mol. The van der Waals surface area contributed by atoms with Crippen molar-refractivity contribution in [3.05, 3.63) is 34.6 Å². The highest BCUT2D eigenvalue weighted by Gasteiger charge is 2.31. The second kappa shape index (κ2) is 7.39. The van der Waals surface area contributed by atoms with Crippen LogP contribution >= 0.6 is 11.6 Å². The van der Waals surface area contributed by atoms with Crippen molar-refractivity contribution >= 4 is 11.6 Å². The SMILES string of the molecule is CCN1CCCCC(CNC)C1c1ccc(F)cc1Cl. The van der Waals surface area contributed by atoms with E-state index in [1.807, 2.05) is 13.1 Å². The fourth-order valence-electron chi connectivity index (χ4n) is 3.34. The highest BCUT2D eigenvalue weighted by atomic mass is 35.5. The lowest BCUT2D eigenvalue weighted by molar-refractivity contribution is 0.162. The summed E-state index contributed by atoms with van der Waals surface area (Å²) in [5, 5.41) is 3.85. The Kier molecular flexibility index (Phi) is 5.82. The third kappa shape index (κ3) is 3.51. The van der Waals surface area contributed by atoms with E-state index >= 15 is 0 Å². The van der Waals surface area contributed by atoms with Crippen molar-refractivity contribution in [2.45, 2.75) is 32.2 Å². The Hall–Kier alpha value is -0.640. The third-order valence-corrected chi connectivity index (χ3v) is 4.59. The highest BCUT2D eigenvalue weighted by molar-refractivity contribution is 6.31. The summed E-state index contributed by atoms with van der Waals surface area (Å²) in [6.45, 7) is 5.24. The number of hydrogen-bond acceptors (Lipinski definition) is 2. The Labute approximate surface area is 126 Å². The van der Waals surface area contributed by atoms with Gasteiger partial charge in [0, 0.05) is 11.1 Å². The number of halogens is 2. The average molecular weight is 299 g/mol. The molecule has 0 saturated carbocycles. The van der Waals surface area contributed by atoms with Gasteiger partial charge in [-0.15, -0.1) is 0 Å². The molecule has 0 amide bonds. The summed E-state index contributed by atoms with van der Waals surface area (Å²) in [5.74, 6) is 0.256. The summed E-state index contributed by atoms with van der Waals surface area (Å²) in [6.07, 6.45) is 3.66. The van der Waals surface area contributed by atoms with Gasteiger partial charge >= 0.3 is 0 Å². The van der Waals surface area contributed by atoms with Crippen LogP contribution in [0.5, 0.6) is 0 Å². The summed E-state index contributed by atoms with van der Waals surface area (Å²) >= 11 is 6.32. The van der Waals surface area contributed by atoms with Gasteiger partial charge in [-0.25, -0.2) is 4.39 Å². The van der Waals surface area contributed by atoms with Crippen LogP contribution < -0.4 is 5.32 Å². The molecule has 0 aromatic heterocycles. The smallest absolute Gasteiger partial charge is 0.124 e. The van der Waals surface area contributed by atoms with Crippen molar-refractivity contribution < 1.29 is 4.39 Å². The van der Waals surface area contributed by atoms with E-state index < -0.39 is 0 Å². The molecular formula is C16H24ClFN2. The first-order valence-corrected chi connectivity index (χ1v) is 7.88. The van der Waals surface area contributed by atoms with Crippen molar-refractivity contribution in [1.82, 2.24) is 10.2 Å². The first-order chi connectivity index (χ1) is 9.67. The largest absolute Gasteiger partial charge is 0.319 e. The zero-order valence-corrected chi connectivity index (χ0v) is 13.1. The summed E-state index contributed by atoms with van der Waals surface area (Å²) in [6, 6.07) is 5.10. The van der Waals surface area contributed by atoms with Gasteiger partial charge in [0.2, 0.25) is 0 Å². The first kappa shape index (κ1) is 15.7. The summed E-state index contributed by atoms with van der Waals surface area (Å²) < 4.78 is 13.3. The molecule has 2 atom stereocenters. The molecule has 1 heterocycles. The molecule has 1 fully saturated rings. The predicted octanol–water partition coefficient (Wildman–Crippen LogP) is 3.86.